The minimum Gasteiger partial charge on any atom is -0.466 e. The lowest BCUT2D eigenvalue weighted by Gasteiger charge is -2.22. The molecule has 0 aliphatic rings. The average molecular weight is 1140 g/mol. The zero-order valence-electron chi connectivity index (χ0n) is 55.0. The Labute approximate surface area is 507 Å². The number of amides is 1. The molecule has 0 aromatic carbocycles. The summed E-state index contributed by atoms with van der Waals surface area (Å²) in [5.41, 5.74) is 0. The van der Waals surface area contributed by atoms with Crippen LogP contribution < -0.4 is 5.32 Å². The molecule has 0 heterocycles. The van der Waals surface area contributed by atoms with Crippen LogP contribution in [-0.4, -0.2) is 47.4 Å². The molecule has 81 heavy (non-hydrogen) atoms. The molecule has 0 spiro atoms. The predicted molar refractivity (Wildman–Crippen MR) is 356 cm³/mol. The molecule has 0 radical (unpaired) electrons. The molecule has 0 aliphatic heterocycles. The van der Waals surface area contributed by atoms with Crippen molar-refractivity contribution in [2.45, 2.75) is 431 Å². The normalized spacial score (nSPS) is 12.6. The van der Waals surface area contributed by atoms with E-state index in [9.17, 15) is 19.8 Å². The monoisotopic (exact) mass is 1140 g/mol. The number of unbranched alkanes of at least 4 members (excludes halogenated alkanes) is 55. The fourth-order valence-corrected chi connectivity index (χ4v) is 11.8. The quantitative estimate of drug-likeness (QED) is 0.0320. The lowest BCUT2D eigenvalue weighted by Crippen LogP contribution is -2.45. The maximum Gasteiger partial charge on any atom is 0.305 e. The Balaban J connectivity index is 3.37. The molecular weight excluding hydrogens is 995 g/mol. The van der Waals surface area contributed by atoms with Crippen molar-refractivity contribution in [2.24, 2.45) is 0 Å². The molecular formula is C75H145NO5. The maximum atomic E-state index is 12.6. The Kier molecular flexibility index (Phi) is 69.4. The first-order valence-electron chi connectivity index (χ1n) is 37.1. The van der Waals surface area contributed by atoms with Crippen LogP contribution in [0.25, 0.3) is 0 Å². The summed E-state index contributed by atoms with van der Waals surface area (Å²) in [7, 11) is 0. The van der Waals surface area contributed by atoms with Crippen LogP contribution in [-0.2, 0) is 14.3 Å². The van der Waals surface area contributed by atoms with Gasteiger partial charge in [-0.25, -0.2) is 0 Å². The van der Waals surface area contributed by atoms with Gasteiger partial charge in [0.2, 0.25) is 5.91 Å². The highest BCUT2D eigenvalue weighted by Gasteiger charge is 2.20. The molecule has 0 aromatic rings. The third-order valence-corrected chi connectivity index (χ3v) is 17.5. The van der Waals surface area contributed by atoms with E-state index < -0.39 is 12.1 Å². The van der Waals surface area contributed by atoms with Gasteiger partial charge in [-0.05, 0) is 70.6 Å². The number of ether oxygens (including phenoxy) is 1. The maximum absolute atomic E-state index is 12.6. The summed E-state index contributed by atoms with van der Waals surface area (Å²) in [4.78, 5) is 24.6. The van der Waals surface area contributed by atoms with E-state index in [1.807, 2.05) is 0 Å². The van der Waals surface area contributed by atoms with E-state index in [-0.39, 0.29) is 18.5 Å². The van der Waals surface area contributed by atoms with Crippen LogP contribution in [0.5, 0.6) is 0 Å². The molecule has 3 N–H and O–H groups in total. The van der Waals surface area contributed by atoms with E-state index in [1.54, 1.807) is 0 Å². The Bertz CT molecular complexity index is 1270. The molecule has 0 saturated heterocycles. The van der Waals surface area contributed by atoms with Crippen molar-refractivity contribution in [3.63, 3.8) is 0 Å². The topological polar surface area (TPSA) is 95.9 Å². The van der Waals surface area contributed by atoms with Gasteiger partial charge in [-0.3, -0.25) is 9.59 Å². The van der Waals surface area contributed by atoms with Gasteiger partial charge in [0.15, 0.2) is 0 Å². The van der Waals surface area contributed by atoms with Gasteiger partial charge in [-0.2, -0.15) is 0 Å². The van der Waals surface area contributed by atoms with Gasteiger partial charge in [-0.1, -0.05) is 359 Å². The number of esters is 1. The highest BCUT2D eigenvalue weighted by molar-refractivity contribution is 5.76. The number of carbonyl (C=O) groups is 2. The van der Waals surface area contributed by atoms with Crippen LogP contribution in [0, 0.1) is 0 Å². The third-order valence-electron chi connectivity index (χ3n) is 17.5. The van der Waals surface area contributed by atoms with Crippen LogP contribution in [0.3, 0.4) is 0 Å². The van der Waals surface area contributed by atoms with Gasteiger partial charge in [0.1, 0.15) is 0 Å². The van der Waals surface area contributed by atoms with E-state index in [2.05, 4.69) is 43.5 Å². The first kappa shape index (κ1) is 79.3. The molecule has 0 fully saturated rings. The summed E-state index contributed by atoms with van der Waals surface area (Å²) < 4.78 is 5.47. The number of allylic oxidation sites excluding steroid dienone is 4. The smallest absolute Gasteiger partial charge is 0.305 e. The SMILES string of the molecule is CCCC/C=C\CCCCCCCC(=O)OCCCCCCCCCCCCCC/C=C\CCCCCCCCCCCCCCCCC(=O)NC(CO)C(O)CCCCCCCCCCCCCCCCCCCCCCCCC. The van der Waals surface area contributed by atoms with Gasteiger partial charge in [0.25, 0.3) is 0 Å². The highest BCUT2D eigenvalue weighted by atomic mass is 16.5. The zero-order valence-corrected chi connectivity index (χ0v) is 55.0. The van der Waals surface area contributed by atoms with Gasteiger partial charge >= 0.3 is 5.97 Å². The van der Waals surface area contributed by atoms with E-state index in [1.165, 1.54) is 340 Å². The Morgan fingerprint density at radius 2 is 0.593 bits per heavy atom. The molecule has 0 saturated carbocycles. The molecule has 480 valence electrons. The van der Waals surface area contributed by atoms with Gasteiger partial charge in [0.05, 0.1) is 25.4 Å². The third kappa shape index (κ3) is 67.3. The van der Waals surface area contributed by atoms with Crippen LogP contribution in [0.1, 0.15) is 418 Å². The van der Waals surface area contributed by atoms with Crippen LogP contribution >= 0.6 is 0 Å². The van der Waals surface area contributed by atoms with Crippen molar-refractivity contribution in [2.75, 3.05) is 13.2 Å². The number of hydrogen-bond acceptors (Lipinski definition) is 5. The second-order valence-electron chi connectivity index (χ2n) is 25.6. The summed E-state index contributed by atoms with van der Waals surface area (Å²) in [6, 6.07) is -0.541. The van der Waals surface area contributed by atoms with Crippen molar-refractivity contribution in [1.82, 2.24) is 5.32 Å². The Hall–Kier alpha value is -1.66. The minimum absolute atomic E-state index is 0.00671. The largest absolute Gasteiger partial charge is 0.466 e. The summed E-state index contributed by atoms with van der Waals surface area (Å²) in [5, 5.41) is 23.5. The molecule has 1 amide bonds. The number of rotatable bonds is 70. The highest BCUT2D eigenvalue weighted by Crippen LogP contribution is 2.19. The molecule has 0 bridgehead atoms. The predicted octanol–water partition coefficient (Wildman–Crippen LogP) is 24.1. The molecule has 6 nitrogen and oxygen atoms in total. The van der Waals surface area contributed by atoms with Crippen LogP contribution in [0.4, 0.5) is 0 Å². The van der Waals surface area contributed by atoms with Crippen LogP contribution in [0.15, 0.2) is 24.3 Å². The van der Waals surface area contributed by atoms with Crippen molar-refractivity contribution >= 4 is 11.9 Å². The number of aliphatic hydroxyl groups is 2. The second-order valence-corrected chi connectivity index (χ2v) is 25.6. The minimum atomic E-state index is -0.664. The fourth-order valence-electron chi connectivity index (χ4n) is 11.8. The first-order valence-corrected chi connectivity index (χ1v) is 37.1. The summed E-state index contributed by atoms with van der Waals surface area (Å²) in [6.07, 6.45) is 89.6. The number of carbonyl (C=O) groups excluding carboxylic acids is 2. The van der Waals surface area contributed by atoms with Crippen molar-refractivity contribution in [3.8, 4) is 0 Å². The average Bonchev–Trinajstić information content (AvgIpc) is 3.47. The molecule has 6 heteroatoms. The van der Waals surface area contributed by atoms with E-state index in [4.69, 9.17) is 4.74 Å². The number of nitrogens with one attached hydrogen (secondary N) is 1. The Morgan fingerprint density at radius 3 is 0.914 bits per heavy atom. The summed E-state index contributed by atoms with van der Waals surface area (Å²) in [6.45, 7) is 4.96. The van der Waals surface area contributed by atoms with Crippen LogP contribution in [0.2, 0.25) is 0 Å². The first-order chi connectivity index (χ1) is 40.0. The standard InChI is InChI=1S/C75H145NO5/c1-3-5-7-9-11-13-15-16-17-18-19-20-29-32-35-38-41-44-48-51-55-59-63-67-73(78)72(71-77)76-74(79)68-64-60-56-52-49-45-42-39-36-33-30-27-25-23-21-22-24-26-28-31-34-37-40-43-46-50-54-58-62-66-70-81-75(80)69-65-61-57-53-47-14-12-10-8-6-4-2/h10,12,22,24,72-73,77-78H,3-9,11,13-21,23,25-71H2,1-2H3,(H,76,79)/b12-10-,24-22-. The second kappa shape index (κ2) is 70.8. The van der Waals surface area contributed by atoms with Crippen molar-refractivity contribution in [1.29, 1.82) is 0 Å². The van der Waals surface area contributed by atoms with Gasteiger partial charge < -0.3 is 20.3 Å². The van der Waals surface area contributed by atoms with E-state index in [0.717, 1.165) is 44.9 Å². The lowest BCUT2D eigenvalue weighted by molar-refractivity contribution is -0.143. The lowest BCUT2D eigenvalue weighted by atomic mass is 10.0. The van der Waals surface area contributed by atoms with Crippen molar-refractivity contribution in [3.05, 3.63) is 24.3 Å². The van der Waals surface area contributed by atoms with Crippen molar-refractivity contribution < 1.29 is 24.5 Å². The molecule has 0 rings (SSSR count). The fraction of sp³-hybridized carbons (Fsp3) is 0.920. The summed E-state index contributed by atoms with van der Waals surface area (Å²) in [5.74, 6) is -0.0216. The van der Waals surface area contributed by atoms with E-state index >= 15 is 0 Å². The molecule has 0 aliphatic carbocycles. The van der Waals surface area contributed by atoms with Gasteiger partial charge in [-0.15, -0.1) is 0 Å². The molecule has 2 unspecified atom stereocenters. The zero-order chi connectivity index (χ0) is 58.5. The molecule has 0 aromatic heterocycles. The number of aliphatic hydroxyl groups excluding tert-OH is 2. The summed E-state index contributed by atoms with van der Waals surface area (Å²) >= 11 is 0. The molecule has 2 atom stereocenters. The number of hydrogen-bond donors (Lipinski definition) is 3. The van der Waals surface area contributed by atoms with E-state index in [0.29, 0.717) is 25.9 Å². The van der Waals surface area contributed by atoms with Gasteiger partial charge in [0, 0.05) is 12.8 Å². The Morgan fingerprint density at radius 1 is 0.333 bits per heavy atom.